The zero-order valence-corrected chi connectivity index (χ0v) is 33.4. The number of rotatable bonds is 3. The molecule has 60 heavy (non-hydrogen) atoms. The summed E-state index contributed by atoms with van der Waals surface area (Å²) < 4.78 is 6.24. The summed E-state index contributed by atoms with van der Waals surface area (Å²) in [6.45, 7) is 4.82. The second kappa shape index (κ2) is 12.3. The van der Waals surface area contributed by atoms with E-state index < -0.39 is 0 Å². The van der Waals surface area contributed by atoms with E-state index in [-0.39, 0.29) is 5.41 Å². The van der Waals surface area contributed by atoms with Gasteiger partial charge in [0.1, 0.15) is 11.2 Å². The fraction of sp³-hybridized carbons (Fsp3) is 0.0508. The van der Waals surface area contributed by atoms with Crippen LogP contribution in [0.1, 0.15) is 25.0 Å². The molecule has 13 rings (SSSR count). The summed E-state index contributed by atoms with van der Waals surface area (Å²) in [6, 6.07) is 71.9. The minimum Gasteiger partial charge on any atom is -0.456 e. The van der Waals surface area contributed by atoms with Crippen LogP contribution in [0.2, 0.25) is 0 Å². The molecule has 0 saturated carbocycles. The Morgan fingerprint density at radius 3 is 1.53 bits per heavy atom. The van der Waals surface area contributed by atoms with Gasteiger partial charge in [-0.05, 0) is 140 Å². The summed E-state index contributed by atoms with van der Waals surface area (Å²) in [5.74, 6) is 0. The molecule has 1 aliphatic rings. The summed E-state index contributed by atoms with van der Waals surface area (Å²) in [5.41, 5.74) is 14.7. The van der Waals surface area contributed by atoms with Gasteiger partial charge in [0.15, 0.2) is 0 Å². The van der Waals surface area contributed by atoms with E-state index in [4.69, 9.17) is 4.42 Å². The molecule has 0 radical (unpaired) electrons. The summed E-state index contributed by atoms with van der Waals surface area (Å²) in [7, 11) is 0. The van der Waals surface area contributed by atoms with Crippen LogP contribution in [0.15, 0.2) is 199 Å². The van der Waals surface area contributed by atoms with Gasteiger partial charge in [0.2, 0.25) is 0 Å². The van der Waals surface area contributed by atoms with Gasteiger partial charge >= 0.3 is 0 Å². The topological polar surface area (TPSA) is 13.1 Å². The molecule has 1 nitrogen and oxygen atoms in total. The maximum absolute atomic E-state index is 6.24. The zero-order chi connectivity index (χ0) is 39.7. The number of hydrogen-bond donors (Lipinski definition) is 0. The lowest BCUT2D eigenvalue weighted by atomic mass is 9.78. The van der Waals surface area contributed by atoms with Gasteiger partial charge in [0, 0.05) is 16.2 Å². The highest BCUT2D eigenvalue weighted by atomic mass is 16.3. The van der Waals surface area contributed by atoms with Crippen molar-refractivity contribution in [1.82, 2.24) is 0 Å². The molecule has 280 valence electrons. The van der Waals surface area contributed by atoms with Crippen LogP contribution in [0, 0.1) is 0 Å². The average molecular weight is 763 g/mol. The molecule has 0 amide bonds. The lowest BCUT2D eigenvalue weighted by Gasteiger charge is -2.24. The minimum atomic E-state index is -0.148. The number of para-hydroxylation sites is 1. The molecule has 0 aliphatic heterocycles. The van der Waals surface area contributed by atoms with Crippen LogP contribution >= 0.6 is 0 Å². The van der Waals surface area contributed by atoms with E-state index in [1.165, 1.54) is 109 Å². The van der Waals surface area contributed by atoms with E-state index in [0.717, 1.165) is 21.9 Å². The first-order chi connectivity index (χ1) is 29.5. The lowest BCUT2D eigenvalue weighted by Crippen LogP contribution is -2.15. The molecule has 1 heterocycles. The maximum atomic E-state index is 6.24. The largest absolute Gasteiger partial charge is 0.456 e. The fourth-order valence-electron chi connectivity index (χ4n) is 11.0. The van der Waals surface area contributed by atoms with Crippen molar-refractivity contribution < 1.29 is 4.42 Å². The third-order valence-corrected chi connectivity index (χ3v) is 13.6. The third-order valence-electron chi connectivity index (χ3n) is 13.6. The Balaban J connectivity index is 1.01. The van der Waals surface area contributed by atoms with E-state index in [9.17, 15) is 0 Å². The van der Waals surface area contributed by atoms with Crippen LogP contribution in [0.25, 0.3) is 120 Å². The van der Waals surface area contributed by atoms with Crippen molar-refractivity contribution in [2.75, 3.05) is 0 Å². The van der Waals surface area contributed by atoms with Crippen LogP contribution in [-0.2, 0) is 5.41 Å². The summed E-state index contributed by atoms with van der Waals surface area (Å²) in [4.78, 5) is 0. The maximum Gasteiger partial charge on any atom is 0.135 e. The molecule has 1 aromatic heterocycles. The van der Waals surface area contributed by atoms with Gasteiger partial charge in [-0.25, -0.2) is 0 Å². The normalized spacial score (nSPS) is 13.3. The summed E-state index contributed by atoms with van der Waals surface area (Å²) in [5, 5.41) is 15.2. The van der Waals surface area contributed by atoms with E-state index >= 15 is 0 Å². The molecule has 0 fully saturated rings. The minimum absolute atomic E-state index is 0.148. The average Bonchev–Trinajstić information content (AvgIpc) is 3.79. The summed E-state index contributed by atoms with van der Waals surface area (Å²) in [6.07, 6.45) is 0. The van der Waals surface area contributed by atoms with Gasteiger partial charge in [-0.3, -0.25) is 0 Å². The van der Waals surface area contributed by atoms with Gasteiger partial charge in [-0.1, -0.05) is 178 Å². The first kappa shape index (κ1) is 33.5. The number of benzene rings is 11. The van der Waals surface area contributed by atoms with Gasteiger partial charge in [0.05, 0.1) is 0 Å². The van der Waals surface area contributed by atoms with Gasteiger partial charge in [-0.2, -0.15) is 0 Å². The van der Waals surface area contributed by atoms with E-state index in [1.54, 1.807) is 0 Å². The Morgan fingerprint density at radius 2 is 0.817 bits per heavy atom. The van der Waals surface area contributed by atoms with Crippen molar-refractivity contribution in [3.05, 3.63) is 205 Å². The molecule has 1 aliphatic carbocycles. The van der Waals surface area contributed by atoms with E-state index in [2.05, 4.69) is 202 Å². The fourth-order valence-corrected chi connectivity index (χ4v) is 11.0. The highest BCUT2D eigenvalue weighted by Crippen LogP contribution is 2.57. The highest BCUT2D eigenvalue weighted by Gasteiger charge is 2.39. The first-order valence-corrected chi connectivity index (χ1v) is 21.0. The molecular weight excluding hydrogens is 725 g/mol. The van der Waals surface area contributed by atoms with Crippen molar-refractivity contribution in [2.24, 2.45) is 0 Å². The van der Waals surface area contributed by atoms with Crippen LogP contribution in [-0.4, -0.2) is 0 Å². The van der Waals surface area contributed by atoms with Crippen molar-refractivity contribution in [1.29, 1.82) is 0 Å². The zero-order valence-electron chi connectivity index (χ0n) is 33.4. The van der Waals surface area contributed by atoms with E-state index in [0.29, 0.717) is 0 Å². The molecule has 0 bridgehead atoms. The van der Waals surface area contributed by atoms with Crippen LogP contribution in [0.3, 0.4) is 0 Å². The van der Waals surface area contributed by atoms with Crippen LogP contribution in [0.4, 0.5) is 0 Å². The monoisotopic (exact) mass is 762 g/mol. The van der Waals surface area contributed by atoms with Crippen molar-refractivity contribution in [2.45, 2.75) is 19.3 Å². The SMILES string of the molecule is CC1(C)c2ccc3ccccc3c2-c2c1c1ccc(-c3cccc(-c4c5ccccc5c(-c5ccc6oc7ccccc7c6c5)c5ccccc45)c3)cc1c1ccccc21. The molecular formula is C59H38O. The van der Waals surface area contributed by atoms with E-state index in [1.807, 2.05) is 6.07 Å². The van der Waals surface area contributed by atoms with Gasteiger partial charge in [-0.15, -0.1) is 0 Å². The Labute approximate surface area is 347 Å². The molecule has 0 N–H and O–H groups in total. The molecule has 0 saturated heterocycles. The van der Waals surface area contributed by atoms with Gasteiger partial charge < -0.3 is 4.42 Å². The van der Waals surface area contributed by atoms with Crippen molar-refractivity contribution in [3.8, 4) is 44.5 Å². The van der Waals surface area contributed by atoms with Gasteiger partial charge in [0.25, 0.3) is 0 Å². The predicted molar refractivity (Wildman–Crippen MR) is 255 cm³/mol. The van der Waals surface area contributed by atoms with Crippen LogP contribution in [0.5, 0.6) is 0 Å². The Hall–Kier alpha value is -7.48. The molecule has 0 atom stereocenters. The smallest absolute Gasteiger partial charge is 0.135 e. The standard InChI is InChI=1S/C59H38O/c1-59(2)51-30-27-35-14-3-4-17-40(35)56(51)57-43-20-6-5-18-41(43)49-33-37(26-29-48(49)58(57)59)36-15-13-16-38(32-36)54-44-21-7-9-23-46(44)55(47-24-10-8-22-45(47)54)39-28-31-53-50(34-39)42-19-11-12-25-52(42)60-53/h3-34H,1-2H3. The number of furan rings is 1. The number of hydrogen-bond acceptors (Lipinski definition) is 1. The lowest BCUT2D eigenvalue weighted by molar-refractivity contribution is 0.667. The predicted octanol–water partition coefficient (Wildman–Crippen LogP) is 16.7. The quantitative estimate of drug-likeness (QED) is 0.129. The Morgan fingerprint density at radius 1 is 0.300 bits per heavy atom. The Kier molecular flexibility index (Phi) is 6.85. The number of fused-ring (bicyclic) bond motifs is 15. The summed E-state index contributed by atoms with van der Waals surface area (Å²) >= 11 is 0. The first-order valence-electron chi connectivity index (χ1n) is 21.0. The third kappa shape index (κ3) is 4.58. The highest BCUT2D eigenvalue weighted by molar-refractivity contribution is 6.24. The molecule has 1 heteroatoms. The molecule has 0 spiro atoms. The second-order valence-electron chi connectivity index (χ2n) is 17.1. The van der Waals surface area contributed by atoms with Crippen molar-refractivity contribution >= 4 is 75.8 Å². The Bertz CT molecular complexity index is 3750. The molecule has 0 unspecified atom stereocenters. The second-order valence-corrected chi connectivity index (χ2v) is 17.1. The van der Waals surface area contributed by atoms with Crippen LogP contribution < -0.4 is 0 Å². The molecule has 12 aromatic rings. The molecule has 11 aromatic carbocycles. The van der Waals surface area contributed by atoms with Crippen molar-refractivity contribution in [3.63, 3.8) is 0 Å².